The van der Waals surface area contributed by atoms with Gasteiger partial charge in [-0.05, 0) is 36.5 Å². The lowest BCUT2D eigenvalue weighted by molar-refractivity contribution is -0.136. The topological polar surface area (TPSA) is 79.0 Å². The van der Waals surface area contributed by atoms with Crippen LogP contribution < -0.4 is 5.32 Å². The van der Waals surface area contributed by atoms with Crippen LogP contribution in [0.3, 0.4) is 0 Å². The van der Waals surface area contributed by atoms with Crippen molar-refractivity contribution in [2.45, 2.75) is 33.1 Å². The molecule has 0 aliphatic carbocycles. The zero-order chi connectivity index (χ0) is 21.7. The van der Waals surface area contributed by atoms with Crippen LogP contribution in [0.5, 0.6) is 0 Å². The Balaban J connectivity index is 1.63. The van der Waals surface area contributed by atoms with Crippen LogP contribution in [0.1, 0.15) is 43.5 Å². The van der Waals surface area contributed by atoms with Crippen molar-refractivity contribution in [1.29, 1.82) is 0 Å². The van der Waals surface area contributed by atoms with E-state index in [2.05, 4.69) is 19.2 Å². The Bertz CT molecular complexity index is 785. The zero-order valence-corrected chi connectivity index (χ0v) is 18.4. The van der Waals surface area contributed by atoms with E-state index in [1.807, 2.05) is 4.90 Å². The van der Waals surface area contributed by atoms with Gasteiger partial charge in [0.1, 0.15) is 0 Å². The molecule has 0 bridgehead atoms. The molecule has 2 atom stereocenters. The number of halogens is 1. The highest BCUT2D eigenvalue weighted by molar-refractivity contribution is 6.31. The van der Waals surface area contributed by atoms with Gasteiger partial charge < -0.3 is 19.9 Å². The van der Waals surface area contributed by atoms with Gasteiger partial charge in [-0.15, -0.1) is 0 Å². The minimum absolute atomic E-state index is 0.0582. The molecule has 2 saturated heterocycles. The Labute approximate surface area is 182 Å². The molecule has 7 nitrogen and oxygen atoms in total. The van der Waals surface area contributed by atoms with Crippen molar-refractivity contribution in [3.05, 3.63) is 28.8 Å². The maximum absolute atomic E-state index is 13.2. The van der Waals surface area contributed by atoms with E-state index in [0.717, 1.165) is 6.42 Å². The van der Waals surface area contributed by atoms with E-state index in [1.165, 1.54) is 0 Å². The normalized spacial score (nSPS) is 22.0. The highest BCUT2D eigenvalue weighted by Gasteiger charge is 2.28. The van der Waals surface area contributed by atoms with Crippen LogP contribution >= 0.6 is 11.6 Å². The summed E-state index contributed by atoms with van der Waals surface area (Å²) in [6.07, 6.45) is 1.29. The maximum atomic E-state index is 13.2. The third-order valence-corrected chi connectivity index (χ3v) is 5.81. The molecule has 1 N–H and O–H groups in total. The molecule has 1 aromatic carbocycles. The number of amides is 3. The molecule has 0 unspecified atom stereocenters. The fourth-order valence-electron chi connectivity index (χ4n) is 4.21. The lowest BCUT2D eigenvalue weighted by Crippen LogP contribution is -2.42. The van der Waals surface area contributed by atoms with E-state index < -0.39 is 0 Å². The van der Waals surface area contributed by atoms with Crippen molar-refractivity contribution in [2.24, 2.45) is 11.8 Å². The number of likely N-dealkylation sites (tertiary alicyclic amines) is 1. The first-order valence-corrected chi connectivity index (χ1v) is 11.0. The summed E-state index contributed by atoms with van der Waals surface area (Å²) >= 11 is 6.14. The van der Waals surface area contributed by atoms with E-state index >= 15 is 0 Å². The van der Waals surface area contributed by atoms with E-state index in [9.17, 15) is 14.4 Å². The third kappa shape index (κ3) is 5.95. The molecule has 0 saturated carbocycles. The van der Waals surface area contributed by atoms with E-state index in [4.69, 9.17) is 16.3 Å². The first-order chi connectivity index (χ1) is 14.3. The maximum Gasteiger partial charge on any atom is 0.256 e. The Morgan fingerprint density at radius 2 is 1.73 bits per heavy atom. The molecule has 164 valence electrons. The molecule has 0 spiro atoms. The summed E-state index contributed by atoms with van der Waals surface area (Å²) in [5.74, 6) is 0.378. The van der Waals surface area contributed by atoms with Gasteiger partial charge in [0.2, 0.25) is 11.8 Å². The smallest absolute Gasteiger partial charge is 0.256 e. The standard InChI is InChI=1S/C22H30ClN3O4/c1-15-11-16(2)14-26(13-15)22(29)18-12-17(23)3-4-19(18)24-20(27)5-6-21(28)25-7-9-30-10-8-25/h3-4,12,15-16H,5-11,13-14H2,1-2H3,(H,24,27)/t15-,16+. The Kier molecular flexibility index (Phi) is 7.72. The fraction of sp³-hybridized carbons (Fsp3) is 0.591. The molecule has 0 radical (unpaired) electrons. The molecule has 0 aromatic heterocycles. The van der Waals surface area contributed by atoms with Crippen LogP contribution in [-0.2, 0) is 14.3 Å². The van der Waals surface area contributed by atoms with Gasteiger partial charge in [0, 0.05) is 44.0 Å². The number of anilines is 1. The molecule has 1 aromatic rings. The van der Waals surface area contributed by atoms with Gasteiger partial charge >= 0.3 is 0 Å². The van der Waals surface area contributed by atoms with Crippen molar-refractivity contribution in [3.63, 3.8) is 0 Å². The summed E-state index contributed by atoms with van der Waals surface area (Å²) < 4.78 is 5.24. The highest BCUT2D eigenvalue weighted by Crippen LogP contribution is 2.27. The number of morpholine rings is 1. The van der Waals surface area contributed by atoms with Gasteiger partial charge in [0.05, 0.1) is 24.5 Å². The predicted octanol–water partition coefficient (Wildman–Crippen LogP) is 3.04. The molecular formula is C22H30ClN3O4. The Morgan fingerprint density at radius 1 is 1.07 bits per heavy atom. The number of hydrogen-bond donors (Lipinski definition) is 1. The largest absolute Gasteiger partial charge is 0.378 e. The zero-order valence-electron chi connectivity index (χ0n) is 17.7. The van der Waals surface area contributed by atoms with Crippen molar-refractivity contribution < 1.29 is 19.1 Å². The Hall–Kier alpha value is -2.12. The molecule has 3 amide bonds. The average molecular weight is 436 g/mol. The summed E-state index contributed by atoms with van der Waals surface area (Å²) in [6.45, 7) is 7.84. The van der Waals surface area contributed by atoms with Gasteiger partial charge in [-0.3, -0.25) is 14.4 Å². The minimum Gasteiger partial charge on any atom is -0.378 e. The van der Waals surface area contributed by atoms with Crippen LogP contribution in [-0.4, -0.2) is 66.9 Å². The van der Waals surface area contributed by atoms with Gasteiger partial charge in [-0.25, -0.2) is 0 Å². The molecule has 8 heteroatoms. The van der Waals surface area contributed by atoms with Crippen molar-refractivity contribution in [2.75, 3.05) is 44.7 Å². The van der Waals surface area contributed by atoms with E-state index in [1.54, 1.807) is 23.1 Å². The SMILES string of the molecule is C[C@@H]1C[C@H](C)CN(C(=O)c2cc(Cl)ccc2NC(=O)CCC(=O)N2CCOCC2)C1. The van der Waals surface area contributed by atoms with Crippen molar-refractivity contribution in [1.82, 2.24) is 9.80 Å². The first kappa shape index (κ1) is 22.6. The molecule has 2 heterocycles. The number of carbonyl (C=O) groups is 3. The average Bonchev–Trinajstić information content (AvgIpc) is 2.72. The second-order valence-corrected chi connectivity index (χ2v) is 8.82. The second kappa shape index (κ2) is 10.3. The number of nitrogens with one attached hydrogen (secondary N) is 1. The first-order valence-electron chi connectivity index (χ1n) is 10.6. The summed E-state index contributed by atoms with van der Waals surface area (Å²) in [4.78, 5) is 41.4. The van der Waals surface area contributed by atoms with E-state index in [-0.39, 0.29) is 30.6 Å². The number of ether oxygens (including phenoxy) is 1. The molecule has 2 aliphatic rings. The lowest BCUT2D eigenvalue weighted by atomic mass is 9.91. The second-order valence-electron chi connectivity index (χ2n) is 8.39. The fourth-order valence-corrected chi connectivity index (χ4v) is 4.38. The van der Waals surface area contributed by atoms with Gasteiger partial charge in [-0.1, -0.05) is 25.4 Å². The van der Waals surface area contributed by atoms with Gasteiger partial charge in [0.15, 0.2) is 0 Å². The van der Waals surface area contributed by atoms with Crippen molar-refractivity contribution in [3.8, 4) is 0 Å². The summed E-state index contributed by atoms with van der Waals surface area (Å²) in [5, 5.41) is 3.24. The molecular weight excluding hydrogens is 406 g/mol. The molecule has 2 aliphatic heterocycles. The lowest BCUT2D eigenvalue weighted by Gasteiger charge is -2.35. The summed E-state index contributed by atoms with van der Waals surface area (Å²) in [6, 6.07) is 4.89. The Morgan fingerprint density at radius 3 is 2.40 bits per heavy atom. The van der Waals surface area contributed by atoms with Crippen LogP contribution in [0, 0.1) is 11.8 Å². The van der Waals surface area contributed by atoms with Crippen LogP contribution in [0.4, 0.5) is 5.69 Å². The number of nitrogens with zero attached hydrogens (tertiary/aromatic N) is 2. The monoisotopic (exact) mass is 435 g/mol. The highest BCUT2D eigenvalue weighted by atomic mass is 35.5. The summed E-state index contributed by atoms with van der Waals surface area (Å²) in [5.41, 5.74) is 0.816. The van der Waals surface area contributed by atoms with Crippen LogP contribution in [0.15, 0.2) is 18.2 Å². The number of benzene rings is 1. The van der Waals surface area contributed by atoms with E-state index in [0.29, 0.717) is 67.5 Å². The quantitative estimate of drug-likeness (QED) is 0.771. The van der Waals surface area contributed by atoms with Crippen molar-refractivity contribution >= 4 is 35.0 Å². The third-order valence-electron chi connectivity index (χ3n) is 5.57. The number of hydrogen-bond acceptors (Lipinski definition) is 4. The number of rotatable bonds is 5. The minimum atomic E-state index is -0.298. The number of carbonyl (C=O) groups excluding carboxylic acids is 3. The molecule has 30 heavy (non-hydrogen) atoms. The van der Waals surface area contributed by atoms with Gasteiger partial charge in [-0.2, -0.15) is 0 Å². The molecule has 3 rings (SSSR count). The number of piperidine rings is 1. The van der Waals surface area contributed by atoms with Crippen LogP contribution in [0.2, 0.25) is 5.02 Å². The van der Waals surface area contributed by atoms with Crippen LogP contribution in [0.25, 0.3) is 0 Å². The van der Waals surface area contributed by atoms with Gasteiger partial charge in [0.25, 0.3) is 5.91 Å². The summed E-state index contributed by atoms with van der Waals surface area (Å²) in [7, 11) is 0. The predicted molar refractivity (Wildman–Crippen MR) is 116 cm³/mol. The molecule has 2 fully saturated rings.